The van der Waals surface area contributed by atoms with Gasteiger partial charge < -0.3 is 0 Å². The van der Waals surface area contributed by atoms with Crippen LogP contribution in [0.25, 0.3) is 0 Å². The van der Waals surface area contributed by atoms with E-state index in [-0.39, 0.29) is 5.38 Å². The Kier molecular flexibility index (Phi) is 2.66. The van der Waals surface area contributed by atoms with Gasteiger partial charge in [-0.2, -0.15) is 0 Å². The average Bonchev–Trinajstić information content (AvgIpc) is 2.45. The molecule has 0 amide bonds. The van der Waals surface area contributed by atoms with Crippen LogP contribution in [0, 0.1) is 0 Å². The maximum Gasteiger partial charge on any atom is 0.0637 e. The third-order valence-corrected chi connectivity index (χ3v) is 4.45. The maximum atomic E-state index is 6.47. The van der Waals surface area contributed by atoms with Crippen molar-refractivity contribution in [3.8, 4) is 0 Å². The van der Waals surface area contributed by atoms with Crippen molar-refractivity contribution in [1.29, 1.82) is 0 Å². The molecule has 0 saturated carbocycles. The molecule has 0 saturated heterocycles. The zero-order valence-corrected chi connectivity index (χ0v) is 10.3. The number of benzene rings is 2. The monoisotopic (exact) mass is 246 g/mol. The van der Waals surface area contributed by atoms with E-state index in [0.717, 1.165) is 6.42 Å². The Morgan fingerprint density at radius 1 is 0.938 bits per heavy atom. The van der Waals surface area contributed by atoms with Crippen LogP contribution in [0.1, 0.15) is 16.5 Å². The minimum atomic E-state index is 0.0901. The fraction of sp³-hybridized carbons (Fsp3) is 0.143. The van der Waals surface area contributed by atoms with Crippen molar-refractivity contribution in [3.63, 3.8) is 0 Å². The molecule has 0 fully saturated rings. The quantitative estimate of drug-likeness (QED) is 0.609. The van der Waals surface area contributed by atoms with E-state index in [1.54, 1.807) is 0 Å². The number of rotatable bonds is 0. The summed E-state index contributed by atoms with van der Waals surface area (Å²) in [5, 5.41) is 0.0901. The van der Waals surface area contributed by atoms with Crippen LogP contribution in [-0.2, 0) is 6.42 Å². The second-order valence-corrected chi connectivity index (χ2v) is 5.53. The molecule has 1 unspecified atom stereocenters. The molecule has 0 bridgehead atoms. The molecule has 1 aliphatic heterocycles. The first-order chi connectivity index (χ1) is 7.84. The predicted octanol–water partition coefficient (Wildman–Crippen LogP) is 4.67. The van der Waals surface area contributed by atoms with Gasteiger partial charge in [0, 0.05) is 9.79 Å². The third-order valence-electron chi connectivity index (χ3n) is 2.85. The lowest BCUT2D eigenvalue weighted by molar-refractivity contribution is 0.891. The molecular formula is C14H11ClS. The molecule has 2 heteroatoms. The third kappa shape index (κ3) is 1.74. The van der Waals surface area contributed by atoms with E-state index in [4.69, 9.17) is 11.6 Å². The maximum absolute atomic E-state index is 6.47. The first-order valence-electron chi connectivity index (χ1n) is 5.33. The highest BCUT2D eigenvalue weighted by Gasteiger charge is 2.19. The van der Waals surface area contributed by atoms with Crippen molar-refractivity contribution >= 4 is 23.4 Å². The summed E-state index contributed by atoms with van der Waals surface area (Å²) >= 11 is 8.29. The predicted molar refractivity (Wildman–Crippen MR) is 69.3 cm³/mol. The molecule has 0 nitrogen and oxygen atoms in total. The molecule has 3 rings (SSSR count). The zero-order valence-electron chi connectivity index (χ0n) is 8.69. The average molecular weight is 247 g/mol. The van der Waals surface area contributed by atoms with E-state index in [1.165, 1.54) is 20.9 Å². The lowest BCUT2D eigenvalue weighted by Crippen LogP contribution is -1.94. The van der Waals surface area contributed by atoms with Gasteiger partial charge in [0.05, 0.1) is 5.38 Å². The van der Waals surface area contributed by atoms with Crippen LogP contribution in [0.4, 0.5) is 0 Å². The van der Waals surface area contributed by atoms with Crippen molar-refractivity contribution in [2.24, 2.45) is 0 Å². The van der Waals surface area contributed by atoms with Crippen LogP contribution in [0.15, 0.2) is 58.3 Å². The summed E-state index contributed by atoms with van der Waals surface area (Å²) in [6.07, 6.45) is 0.918. The Bertz CT molecular complexity index is 522. The summed E-state index contributed by atoms with van der Waals surface area (Å²) in [6, 6.07) is 16.9. The smallest absolute Gasteiger partial charge is 0.0637 e. The molecule has 0 spiro atoms. The highest BCUT2D eigenvalue weighted by atomic mass is 35.5. The van der Waals surface area contributed by atoms with Gasteiger partial charge in [0.15, 0.2) is 0 Å². The van der Waals surface area contributed by atoms with Crippen molar-refractivity contribution < 1.29 is 0 Å². The standard InChI is InChI=1S/C14H11ClS/c15-12-9-10-5-1-3-7-13(10)16-14-8-4-2-6-11(12)14/h1-8,12H,9H2. The normalized spacial score (nSPS) is 18.4. The summed E-state index contributed by atoms with van der Waals surface area (Å²) in [5.74, 6) is 0. The van der Waals surface area contributed by atoms with Gasteiger partial charge in [-0.1, -0.05) is 48.2 Å². The van der Waals surface area contributed by atoms with E-state index < -0.39 is 0 Å². The van der Waals surface area contributed by atoms with Gasteiger partial charge in [-0.05, 0) is 29.7 Å². The topological polar surface area (TPSA) is 0 Å². The van der Waals surface area contributed by atoms with Gasteiger partial charge in [-0.3, -0.25) is 0 Å². The minimum Gasteiger partial charge on any atom is -0.117 e. The minimum absolute atomic E-state index is 0.0901. The second kappa shape index (κ2) is 4.15. The largest absolute Gasteiger partial charge is 0.117 e. The van der Waals surface area contributed by atoms with Crippen LogP contribution >= 0.6 is 23.4 Å². The molecular weight excluding hydrogens is 236 g/mol. The number of halogens is 1. The summed E-state index contributed by atoms with van der Waals surface area (Å²) in [5.41, 5.74) is 2.61. The van der Waals surface area contributed by atoms with Gasteiger partial charge in [-0.25, -0.2) is 0 Å². The molecule has 0 aliphatic carbocycles. The molecule has 80 valence electrons. The highest BCUT2D eigenvalue weighted by molar-refractivity contribution is 7.99. The summed E-state index contributed by atoms with van der Waals surface area (Å²) in [4.78, 5) is 2.62. The van der Waals surface area contributed by atoms with Gasteiger partial charge in [0.1, 0.15) is 0 Å². The fourth-order valence-electron chi connectivity index (χ4n) is 2.03. The van der Waals surface area contributed by atoms with E-state index in [0.29, 0.717) is 0 Å². The Morgan fingerprint density at radius 3 is 2.50 bits per heavy atom. The molecule has 0 radical (unpaired) electrons. The van der Waals surface area contributed by atoms with Crippen LogP contribution in [0.3, 0.4) is 0 Å². The van der Waals surface area contributed by atoms with Crippen molar-refractivity contribution in [1.82, 2.24) is 0 Å². The lowest BCUT2D eigenvalue weighted by Gasteiger charge is -2.08. The number of hydrogen-bond acceptors (Lipinski definition) is 1. The molecule has 2 aromatic rings. The summed E-state index contributed by atoms with van der Waals surface area (Å²) in [7, 11) is 0. The van der Waals surface area contributed by atoms with E-state index in [1.807, 2.05) is 11.8 Å². The van der Waals surface area contributed by atoms with Gasteiger partial charge in [0.25, 0.3) is 0 Å². The number of alkyl halides is 1. The van der Waals surface area contributed by atoms with Crippen LogP contribution < -0.4 is 0 Å². The molecule has 0 N–H and O–H groups in total. The Labute approximate surface area is 105 Å². The molecule has 1 aliphatic rings. The zero-order chi connectivity index (χ0) is 11.0. The van der Waals surface area contributed by atoms with Crippen molar-refractivity contribution in [2.75, 3.05) is 0 Å². The molecule has 2 aromatic carbocycles. The van der Waals surface area contributed by atoms with E-state index in [2.05, 4.69) is 48.5 Å². The van der Waals surface area contributed by atoms with Gasteiger partial charge in [-0.15, -0.1) is 11.6 Å². The molecule has 16 heavy (non-hydrogen) atoms. The molecule has 1 heterocycles. The Morgan fingerprint density at radius 2 is 1.62 bits per heavy atom. The second-order valence-electron chi connectivity index (χ2n) is 3.92. The van der Waals surface area contributed by atoms with E-state index >= 15 is 0 Å². The van der Waals surface area contributed by atoms with Crippen LogP contribution in [0.5, 0.6) is 0 Å². The number of fused-ring (bicyclic) bond motifs is 2. The van der Waals surface area contributed by atoms with E-state index in [9.17, 15) is 0 Å². The molecule has 1 atom stereocenters. The fourth-order valence-corrected chi connectivity index (χ4v) is 3.59. The van der Waals surface area contributed by atoms with Crippen molar-refractivity contribution in [2.45, 2.75) is 21.6 Å². The summed E-state index contributed by atoms with van der Waals surface area (Å²) < 4.78 is 0. The lowest BCUT2D eigenvalue weighted by atomic mass is 10.0. The Balaban J connectivity index is 2.15. The highest BCUT2D eigenvalue weighted by Crippen LogP contribution is 2.42. The summed E-state index contributed by atoms with van der Waals surface area (Å²) in [6.45, 7) is 0. The van der Waals surface area contributed by atoms with Gasteiger partial charge in [0.2, 0.25) is 0 Å². The first kappa shape index (κ1) is 10.2. The SMILES string of the molecule is ClC1Cc2ccccc2Sc2ccccc21. The number of hydrogen-bond donors (Lipinski definition) is 0. The van der Waals surface area contributed by atoms with Crippen LogP contribution in [0.2, 0.25) is 0 Å². The molecule has 0 aromatic heterocycles. The van der Waals surface area contributed by atoms with Crippen LogP contribution in [-0.4, -0.2) is 0 Å². The Hall–Kier alpha value is -0.920. The van der Waals surface area contributed by atoms with Gasteiger partial charge >= 0.3 is 0 Å². The van der Waals surface area contributed by atoms with Crippen molar-refractivity contribution in [3.05, 3.63) is 59.7 Å². The first-order valence-corrected chi connectivity index (χ1v) is 6.58.